The lowest BCUT2D eigenvalue weighted by Crippen LogP contribution is -2.00. The molecule has 14 rings (SSSR count). The summed E-state index contributed by atoms with van der Waals surface area (Å²) in [4.78, 5) is 15.9. The van der Waals surface area contributed by atoms with Gasteiger partial charge in [-0.05, 0) is 82.9 Å². The molecule has 9 aromatic carbocycles. The van der Waals surface area contributed by atoms with Crippen molar-refractivity contribution in [3.63, 3.8) is 0 Å². The van der Waals surface area contributed by atoms with Crippen molar-refractivity contribution in [1.29, 1.82) is 0 Å². The summed E-state index contributed by atoms with van der Waals surface area (Å²) < 4.78 is 18.1. The van der Waals surface area contributed by atoms with E-state index in [-0.39, 0.29) is 0 Å². The Labute approximate surface area is 373 Å². The van der Waals surface area contributed by atoms with E-state index in [4.69, 9.17) is 23.8 Å². The maximum atomic E-state index is 6.64. The van der Waals surface area contributed by atoms with Gasteiger partial charge in [-0.2, -0.15) is 0 Å². The van der Waals surface area contributed by atoms with Crippen LogP contribution in [0.1, 0.15) is 0 Å². The minimum absolute atomic E-state index is 0.584. The van der Waals surface area contributed by atoms with Gasteiger partial charge in [-0.15, -0.1) is 22.7 Å². The van der Waals surface area contributed by atoms with Crippen LogP contribution >= 0.6 is 22.7 Å². The number of benzene rings is 9. The molecule has 5 aromatic heterocycles. The Hall–Kier alpha value is -7.97. The highest BCUT2D eigenvalue weighted by molar-refractivity contribution is 7.26. The van der Waals surface area contributed by atoms with E-state index < -0.39 is 0 Å². The number of hydrogen-bond acceptors (Lipinski definition) is 7. The smallest absolute Gasteiger partial charge is 0.164 e. The largest absolute Gasteiger partial charge is 0.456 e. The summed E-state index contributed by atoms with van der Waals surface area (Å²) in [5.74, 6) is 1.82. The number of rotatable bonds is 5. The van der Waals surface area contributed by atoms with Gasteiger partial charge in [0.1, 0.15) is 22.3 Å². The zero-order chi connectivity index (χ0) is 41.9. The third kappa shape index (κ3) is 5.51. The van der Waals surface area contributed by atoms with Crippen molar-refractivity contribution < 1.29 is 8.83 Å². The van der Waals surface area contributed by atoms with Crippen LogP contribution in [0.4, 0.5) is 0 Å². The van der Waals surface area contributed by atoms with Crippen molar-refractivity contribution in [3.05, 3.63) is 188 Å². The van der Waals surface area contributed by atoms with Crippen LogP contribution in [0.5, 0.6) is 0 Å². The van der Waals surface area contributed by atoms with Crippen LogP contribution in [-0.4, -0.2) is 15.0 Å². The quantitative estimate of drug-likeness (QED) is 0.173. The molecule has 0 unspecified atom stereocenters. The fraction of sp³-hybridized carbons (Fsp3) is 0. The van der Waals surface area contributed by atoms with Gasteiger partial charge in [0.05, 0.1) is 0 Å². The highest BCUT2D eigenvalue weighted by atomic mass is 32.1. The molecule has 298 valence electrons. The molecule has 5 heterocycles. The van der Waals surface area contributed by atoms with Crippen molar-refractivity contribution in [1.82, 2.24) is 15.0 Å². The van der Waals surface area contributed by atoms with Gasteiger partial charge in [0.25, 0.3) is 0 Å². The Bertz CT molecular complexity index is 4080. The summed E-state index contributed by atoms with van der Waals surface area (Å²) in [7, 11) is 0. The molecule has 64 heavy (non-hydrogen) atoms. The summed E-state index contributed by atoms with van der Waals surface area (Å²) >= 11 is 3.58. The lowest BCUT2D eigenvalue weighted by atomic mass is 9.93. The van der Waals surface area contributed by atoms with Gasteiger partial charge >= 0.3 is 0 Å². The second kappa shape index (κ2) is 13.8. The first-order valence-corrected chi connectivity index (χ1v) is 22.9. The Kier molecular flexibility index (Phi) is 7.66. The summed E-state index contributed by atoms with van der Waals surface area (Å²) in [6.07, 6.45) is 0. The minimum Gasteiger partial charge on any atom is -0.456 e. The fourth-order valence-electron chi connectivity index (χ4n) is 9.54. The van der Waals surface area contributed by atoms with Crippen molar-refractivity contribution in [3.8, 4) is 56.4 Å². The molecule has 0 saturated carbocycles. The molecule has 0 radical (unpaired) electrons. The van der Waals surface area contributed by atoms with Gasteiger partial charge in [-0.1, -0.05) is 127 Å². The van der Waals surface area contributed by atoms with E-state index in [1.165, 1.54) is 40.3 Å². The molecule has 0 N–H and O–H groups in total. The van der Waals surface area contributed by atoms with E-state index in [9.17, 15) is 0 Å². The monoisotopic (exact) mass is 853 g/mol. The fourth-order valence-corrected chi connectivity index (χ4v) is 11.8. The van der Waals surface area contributed by atoms with Crippen LogP contribution in [0, 0.1) is 0 Å². The molecule has 0 amide bonds. The first kappa shape index (κ1) is 35.6. The Balaban J connectivity index is 0.993. The third-order valence-corrected chi connectivity index (χ3v) is 14.8. The normalized spacial score (nSPS) is 12.1. The van der Waals surface area contributed by atoms with Gasteiger partial charge < -0.3 is 8.83 Å². The maximum absolute atomic E-state index is 6.64. The minimum atomic E-state index is 0.584. The molecular formula is C57H31N3O2S2. The number of nitrogens with zero attached hydrogens (tertiary/aromatic N) is 3. The van der Waals surface area contributed by atoms with E-state index in [2.05, 4.69) is 158 Å². The maximum Gasteiger partial charge on any atom is 0.164 e. The number of para-hydroxylation sites is 1. The van der Waals surface area contributed by atoms with Crippen molar-refractivity contribution in [2.24, 2.45) is 0 Å². The third-order valence-electron chi connectivity index (χ3n) is 12.5. The van der Waals surface area contributed by atoms with E-state index in [0.717, 1.165) is 82.8 Å². The average Bonchev–Trinajstić information content (AvgIpc) is 4.13. The summed E-state index contributed by atoms with van der Waals surface area (Å²) in [6, 6.07) is 66.2. The van der Waals surface area contributed by atoms with Gasteiger partial charge in [0, 0.05) is 78.6 Å². The molecule has 0 bridgehead atoms. The zero-order valence-electron chi connectivity index (χ0n) is 33.9. The number of thiophene rings is 2. The number of furan rings is 2. The van der Waals surface area contributed by atoms with Crippen molar-refractivity contribution in [2.45, 2.75) is 0 Å². The molecule has 0 aliphatic rings. The second-order valence-electron chi connectivity index (χ2n) is 16.3. The van der Waals surface area contributed by atoms with Gasteiger partial charge in [-0.25, -0.2) is 15.0 Å². The molecule has 7 heteroatoms. The Morgan fingerprint density at radius 2 is 0.828 bits per heavy atom. The molecule has 14 aromatic rings. The van der Waals surface area contributed by atoms with E-state index in [1.807, 2.05) is 30.3 Å². The Morgan fingerprint density at radius 3 is 1.55 bits per heavy atom. The standard InChI is InChI=1S/C57H31N3O2S2/c1-2-11-32(12-3-1)36-28-43(53-41-15-4-7-17-45(41)62-48(53)29-36)33-23-26-46-44(27-33)54-42(16-10-18-47(54)61-46)57-59-55(34-21-24-39-37-13-5-8-19-49(37)63-51(39)30-34)58-56(60-57)35-22-25-40-38-14-6-9-20-50(38)64-52(40)31-35/h1-31H. The van der Waals surface area contributed by atoms with Crippen LogP contribution in [0.3, 0.4) is 0 Å². The molecule has 0 aliphatic carbocycles. The summed E-state index contributed by atoms with van der Waals surface area (Å²) in [6.45, 7) is 0. The topological polar surface area (TPSA) is 65.0 Å². The lowest BCUT2D eigenvalue weighted by Gasteiger charge is -2.10. The van der Waals surface area contributed by atoms with Gasteiger partial charge in [0.2, 0.25) is 0 Å². The summed E-state index contributed by atoms with van der Waals surface area (Å²) in [5, 5.41) is 9.08. The molecule has 0 aliphatic heterocycles. The molecule has 5 nitrogen and oxygen atoms in total. The van der Waals surface area contributed by atoms with Gasteiger partial charge in [-0.3, -0.25) is 0 Å². The van der Waals surface area contributed by atoms with Gasteiger partial charge in [0.15, 0.2) is 17.5 Å². The SMILES string of the molecule is c1ccc(-c2cc(-c3ccc4oc5cccc(-c6nc(-c7ccc8c(c7)sc7ccccc78)nc(-c7ccc8c(c7)sc7ccccc78)n6)c5c4c3)c3c(c2)oc2ccccc23)cc1. The lowest BCUT2D eigenvalue weighted by molar-refractivity contribution is 0.669. The van der Waals surface area contributed by atoms with Crippen molar-refractivity contribution >= 4 is 107 Å². The first-order chi connectivity index (χ1) is 31.7. The zero-order valence-corrected chi connectivity index (χ0v) is 35.5. The molecule has 0 saturated heterocycles. The van der Waals surface area contributed by atoms with E-state index in [0.29, 0.717) is 17.5 Å². The van der Waals surface area contributed by atoms with E-state index in [1.54, 1.807) is 22.7 Å². The van der Waals surface area contributed by atoms with Crippen molar-refractivity contribution in [2.75, 3.05) is 0 Å². The number of hydrogen-bond donors (Lipinski definition) is 0. The molecular weight excluding hydrogens is 823 g/mol. The van der Waals surface area contributed by atoms with Crippen LogP contribution < -0.4 is 0 Å². The van der Waals surface area contributed by atoms with E-state index >= 15 is 0 Å². The van der Waals surface area contributed by atoms with Crippen LogP contribution in [0.2, 0.25) is 0 Å². The highest BCUT2D eigenvalue weighted by Crippen LogP contribution is 2.44. The molecule has 0 atom stereocenters. The number of fused-ring (bicyclic) bond motifs is 12. The molecule has 0 fully saturated rings. The number of aromatic nitrogens is 3. The van der Waals surface area contributed by atoms with Crippen LogP contribution in [-0.2, 0) is 0 Å². The van der Waals surface area contributed by atoms with Crippen LogP contribution in [0.15, 0.2) is 197 Å². The molecule has 0 spiro atoms. The highest BCUT2D eigenvalue weighted by Gasteiger charge is 2.21. The average molecular weight is 854 g/mol. The first-order valence-electron chi connectivity index (χ1n) is 21.2. The Morgan fingerprint density at radius 1 is 0.281 bits per heavy atom. The predicted molar refractivity (Wildman–Crippen MR) is 267 cm³/mol. The summed E-state index contributed by atoms with van der Waals surface area (Å²) in [5.41, 5.74) is 10.4. The second-order valence-corrected chi connectivity index (χ2v) is 18.4. The van der Waals surface area contributed by atoms with Crippen LogP contribution in [0.25, 0.3) is 141 Å². The predicted octanol–water partition coefficient (Wildman–Crippen LogP) is 16.7.